The molecule has 2 amide bonds. The third-order valence-corrected chi connectivity index (χ3v) is 10.3. The fourth-order valence-electron chi connectivity index (χ4n) is 5.85. The molecule has 5 atom stereocenters. The van der Waals surface area contributed by atoms with Gasteiger partial charge in [0, 0.05) is 25.4 Å². The van der Waals surface area contributed by atoms with Gasteiger partial charge in [0.1, 0.15) is 12.1 Å². The number of nitrogens with one attached hydrogen (secondary N) is 2. The molecule has 1 aliphatic rings. The molecule has 4 N–H and O–H groups in total. The number of amides is 2. The maximum atomic E-state index is 13.8. The molecule has 0 spiro atoms. The van der Waals surface area contributed by atoms with E-state index < -0.39 is 51.9 Å². The summed E-state index contributed by atoms with van der Waals surface area (Å²) in [5, 5.41) is 29.8. The van der Waals surface area contributed by atoms with Crippen molar-refractivity contribution in [3.05, 3.63) is 48.0 Å². The van der Waals surface area contributed by atoms with E-state index in [1.807, 2.05) is 68.1 Å². The first kappa shape index (κ1) is 36.9. The van der Waals surface area contributed by atoms with E-state index in [0.717, 1.165) is 22.8 Å². The molecule has 11 heteroatoms. The van der Waals surface area contributed by atoms with Crippen molar-refractivity contribution >= 4 is 32.4 Å². The highest BCUT2D eigenvalue weighted by Gasteiger charge is 2.34. The van der Waals surface area contributed by atoms with Crippen molar-refractivity contribution in [2.75, 3.05) is 44.4 Å². The van der Waals surface area contributed by atoms with Gasteiger partial charge >= 0.3 is 0 Å². The molecule has 1 saturated heterocycles. The average Bonchev–Trinajstić information content (AvgIpc) is 3.02. The third kappa shape index (κ3) is 11.6. The van der Waals surface area contributed by atoms with Crippen LogP contribution in [0.25, 0.3) is 10.8 Å². The molecule has 0 bridgehead atoms. The van der Waals surface area contributed by atoms with Crippen molar-refractivity contribution in [1.82, 2.24) is 15.5 Å². The minimum atomic E-state index is -3.51. The zero-order chi connectivity index (χ0) is 33.0. The van der Waals surface area contributed by atoms with E-state index >= 15 is 0 Å². The molecule has 2 aromatic carbocycles. The second-order valence-corrected chi connectivity index (χ2v) is 15.1. The van der Waals surface area contributed by atoms with Crippen LogP contribution >= 0.6 is 0 Å². The summed E-state index contributed by atoms with van der Waals surface area (Å²) in [5.41, 5.74) is 0.864. The lowest BCUT2D eigenvalue weighted by Gasteiger charge is -2.34. The summed E-state index contributed by atoms with van der Waals surface area (Å²) in [7, 11) is -3.51. The van der Waals surface area contributed by atoms with Gasteiger partial charge in [-0.3, -0.25) is 14.5 Å². The maximum Gasteiger partial charge on any atom is 0.242 e. The van der Waals surface area contributed by atoms with E-state index in [9.17, 15) is 28.2 Å². The molecule has 1 fully saturated rings. The Bertz CT molecular complexity index is 1320. The van der Waals surface area contributed by atoms with Crippen molar-refractivity contribution in [1.29, 1.82) is 0 Å². The first-order valence-corrected chi connectivity index (χ1v) is 18.2. The summed E-state index contributed by atoms with van der Waals surface area (Å²) in [5.74, 6) is -2.15. The molecule has 1 aliphatic heterocycles. The van der Waals surface area contributed by atoms with E-state index in [2.05, 4.69) is 10.6 Å². The molecule has 0 radical (unpaired) electrons. The molecule has 0 unspecified atom stereocenters. The molecule has 2 aromatic rings. The second-order valence-electron chi connectivity index (χ2n) is 12.7. The molecule has 0 aromatic heterocycles. The number of β-amino-alcohol motifs (C(OH)–C–C–N with tert-alkyl or cyclic N) is 1. The highest BCUT2D eigenvalue weighted by molar-refractivity contribution is 7.91. The van der Waals surface area contributed by atoms with Crippen molar-refractivity contribution in [2.45, 2.75) is 84.1 Å². The van der Waals surface area contributed by atoms with Crippen LogP contribution in [0.5, 0.6) is 0 Å². The van der Waals surface area contributed by atoms with Gasteiger partial charge in [-0.25, -0.2) is 8.42 Å². The Morgan fingerprint density at radius 2 is 1.67 bits per heavy atom. The zero-order valence-corrected chi connectivity index (χ0v) is 28.1. The molecule has 252 valence electrons. The first-order valence-electron chi connectivity index (χ1n) is 16.4. The molecular weight excluding hydrogens is 594 g/mol. The third-order valence-electron chi connectivity index (χ3n) is 8.50. The number of benzene rings is 2. The number of aliphatic hydroxyl groups excluding tert-OH is 2. The summed E-state index contributed by atoms with van der Waals surface area (Å²) in [6.07, 6.45) is 0.152. The minimum absolute atomic E-state index is 0.0897. The van der Waals surface area contributed by atoms with Crippen LogP contribution in [0.3, 0.4) is 0 Å². The van der Waals surface area contributed by atoms with Gasteiger partial charge in [-0.2, -0.15) is 0 Å². The van der Waals surface area contributed by atoms with Crippen molar-refractivity contribution in [2.24, 2.45) is 11.8 Å². The average molecular weight is 648 g/mol. The Labute approximate surface area is 268 Å². The van der Waals surface area contributed by atoms with Crippen molar-refractivity contribution < 1.29 is 33.0 Å². The number of rotatable bonds is 18. The smallest absolute Gasteiger partial charge is 0.242 e. The van der Waals surface area contributed by atoms with Crippen LogP contribution in [0, 0.1) is 11.8 Å². The van der Waals surface area contributed by atoms with Gasteiger partial charge in [-0.1, -0.05) is 83.0 Å². The number of ether oxygens (including phenoxy) is 1. The van der Waals surface area contributed by atoms with Gasteiger partial charge in [0.25, 0.3) is 0 Å². The Hall–Kier alpha value is -2.57. The lowest BCUT2D eigenvalue weighted by Crippen LogP contribution is -2.57. The Balaban J connectivity index is 1.80. The fraction of sp³-hybridized carbons (Fsp3) is 0.647. The van der Waals surface area contributed by atoms with Gasteiger partial charge in [-0.05, 0) is 41.5 Å². The lowest BCUT2D eigenvalue weighted by molar-refractivity contribution is -0.132. The number of morpholine rings is 1. The van der Waals surface area contributed by atoms with E-state index in [0.29, 0.717) is 45.6 Å². The van der Waals surface area contributed by atoms with Gasteiger partial charge in [0.2, 0.25) is 11.8 Å². The summed E-state index contributed by atoms with van der Waals surface area (Å²) in [6, 6.07) is 11.9. The number of fused-ring (bicyclic) bond motifs is 1. The van der Waals surface area contributed by atoms with Crippen LogP contribution < -0.4 is 10.6 Å². The van der Waals surface area contributed by atoms with Crippen LogP contribution in [-0.2, 0) is 30.6 Å². The number of carbonyl (C=O) groups excluding carboxylic acids is 2. The monoisotopic (exact) mass is 647 g/mol. The van der Waals surface area contributed by atoms with Crippen LogP contribution in [0.1, 0.15) is 58.9 Å². The SMILES string of the molecule is CCCC[C@H](NC(=O)[C@H](Cc1cccc2ccccc12)CS(=O)(=O)CC)C(=O)N[C@@H](CC(C)C)[C@@H](O)[C@@H](O)CN1CCOCC1. The summed E-state index contributed by atoms with van der Waals surface area (Å²) < 4.78 is 30.9. The van der Waals surface area contributed by atoms with E-state index in [1.54, 1.807) is 6.92 Å². The van der Waals surface area contributed by atoms with E-state index in [-0.39, 0.29) is 30.4 Å². The highest BCUT2D eigenvalue weighted by Crippen LogP contribution is 2.23. The van der Waals surface area contributed by atoms with Crippen LogP contribution in [0.15, 0.2) is 42.5 Å². The number of hydrogen-bond acceptors (Lipinski definition) is 8. The topological polar surface area (TPSA) is 145 Å². The van der Waals surface area contributed by atoms with E-state index in [1.165, 1.54) is 0 Å². The van der Waals surface area contributed by atoms with Gasteiger partial charge < -0.3 is 25.6 Å². The predicted molar refractivity (Wildman–Crippen MR) is 178 cm³/mol. The first-order chi connectivity index (χ1) is 21.4. The number of unbranched alkanes of at least 4 members (excludes halogenated alkanes) is 1. The maximum absolute atomic E-state index is 13.8. The van der Waals surface area contributed by atoms with Gasteiger partial charge in [-0.15, -0.1) is 0 Å². The molecular formula is C34H53N3O7S. The zero-order valence-electron chi connectivity index (χ0n) is 27.3. The van der Waals surface area contributed by atoms with Crippen molar-refractivity contribution in [3.63, 3.8) is 0 Å². The Kier molecular flexibility index (Phi) is 14.7. The molecule has 0 aliphatic carbocycles. The predicted octanol–water partition coefficient (Wildman–Crippen LogP) is 2.69. The largest absolute Gasteiger partial charge is 0.389 e. The second kappa shape index (κ2) is 17.9. The fourth-order valence-corrected chi connectivity index (χ4v) is 6.97. The minimum Gasteiger partial charge on any atom is -0.389 e. The highest BCUT2D eigenvalue weighted by atomic mass is 32.2. The summed E-state index contributed by atoms with van der Waals surface area (Å²) in [4.78, 5) is 29.6. The quantitative estimate of drug-likeness (QED) is 0.193. The van der Waals surface area contributed by atoms with Crippen LogP contribution in [0.2, 0.25) is 0 Å². The Morgan fingerprint density at radius 1 is 0.978 bits per heavy atom. The normalized spacial score (nSPS) is 17.8. The standard InChI is InChI=1S/C34H53N3O7S/c1-5-7-15-29(34(41)36-30(20-24(3)4)32(39)31(38)22-37-16-18-44-19-17-37)35-33(40)27(23-45(42,43)6-2)21-26-13-10-12-25-11-8-9-14-28(25)26/h8-14,24,27,29-32,38-39H,5-7,15-23H2,1-4H3,(H,35,40)(H,36,41)/t27-,29+,30+,31+,32-/m1/s1. The van der Waals surface area contributed by atoms with Crippen LogP contribution in [-0.4, -0.2) is 104 Å². The molecule has 45 heavy (non-hydrogen) atoms. The number of nitrogens with zero attached hydrogens (tertiary/aromatic N) is 1. The molecule has 0 saturated carbocycles. The number of aliphatic hydroxyl groups is 2. The lowest BCUT2D eigenvalue weighted by atomic mass is 9.94. The number of sulfone groups is 1. The Morgan fingerprint density at radius 3 is 2.33 bits per heavy atom. The molecule has 3 rings (SSSR count). The summed E-state index contributed by atoms with van der Waals surface area (Å²) in [6.45, 7) is 10.2. The van der Waals surface area contributed by atoms with Crippen molar-refractivity contribution in [3.8, 4) is 0 Å². The van der Waals surface area contributed by atoms with Gasteiger partial charge in [0.15, 0.2) is 9.84 Å². The van der Waals surface area contributed by atoms with E-state index in [4.69, 9.17) is 4.74 Å². The van der Waals surface area contributed by atoms with Crippen LogP contribution in [0.4, 0.5) is 0 Å². The number of carbonyl (C=O) groups is 2. The summed E-state index contributed by atoms with van der Waals surface area (Å²) >= 11 is 0. The van der Waals surface area contributed by atoms with Gasteiger partial charge in [0.05, 0.1) is 37.0 Å². The number of hydrogen-bond donors (Lipinski definition) is 4. The molecule has 10 nitrogen and oxygen atoms in total. The molecule has 1 heterocycles.